The third-order valence-electron chi connectivity index (χ3n) is 11.3. The molecule has 0 spiro atoms. The number of ether oxygens (including phenoxy) is 2. The number of benzene rings is 6. The lowest BCUT2D eigenvalue weighted by molar-refractivity contribution is 0.122. The summed E-state index contributed by atoms with van der Waals surface area (Å²) in [6.07, 6.45) is 4.54. The van der Waals surface area contributed by atoms with E-state index in [1.807, 2.05) is 24.3 Å². The van der Waals surface area contributed by atoms with E-state index in [1.165, 1.54) is 33.3 Å². The molecule has 10 rings (SSSR count). The van der Waals surface area contributed by atoms with Gasteiger partial charge in [0.25, 0.3) is 0 Å². The molecule has 6 aromatic carbocycles. The first-order chi connectivity index (χ1) is 26.0. The number of aromatic nitrogens is 2. The van der Waals surface area contributed by atoms with Gasteiger partial charge < -0.3 is 14.4 Å². The zero-order valence-corrected chi connectivity index (χ0v) is 29.9. The Kier molecular flexibility index (Phi) is 7.34. The summed E-state index contributed by atoms with van der Waals surface area (Å²) in [6.45, 7) is 7.90. The van der Waals surface area contributed by atoms with Crippen LogP contribution in [0.3, 0.4) is 0 Å². The number of anilines is 1. The highest BCUT2D eigenvalue weighted by atomic mass is 16.5. The Morgan fingerprint density at radius 3 is 2.08 bits per heavy atom. The zero-order valence-electron chi connectivity index (χ0n) is 29.9. The Morgan fingerprint density at radius 1 is 0.660 bits per heavy atom. The average molecular weight is 690 g/mol. The van der Waals surface area contributed by atoms with Crippen molar-refractivity contribution in [1.29, 1.82) is 0 Å². The SMILES string of the molecule is CC1(C)c2ccccc2-c2c1c1c(c3ccccc23)OC(c2ccc(N3CCOCC3)cc2)(c2cc(-c3ccccc3)nc(-c3ccccc3)n2)C=C1. The van der Waals surface area contributed by atoms with Crippen molar-refractivity contribution < 1.29 is 9.47 Å². The minimum Gasteiger partial charge on any atom is -0.471 e. The number of hydrogen-bond acceptors (Lipinski definition) is 5. The van der Waals surface area contributed by atoms with E-state index in [2.05, 4.69) is 146 Å². The van der Waals surface area contributed by atoms with Crippen LogP contribution in [-0.2, 0) is 15.8 Å². The molecule has 3 heterocycles. The summed E-state index contributed by atoms with van der Waals surface area (Å²) in [7, 11) is 0. The van der Waals surface area contributed by atoms with Crippen LogP contribution in [0.5, 0.6) is 5.75 Å². The first kappa shape index (κ1) is 31.7. The minimum atomic E-state index is -1.06. The number of fused-ring (bicyclic) bond motifs is 8. The monoisotopic (exact) mass is 689 g/mol. The van der Waals surface area contributed by atoms with Gasteiger partial charge >= 0.3 is 0 Å². The highest BCUT2D eigenvalue weighted by Crippen LogP contribution is 2.58. The maximum Gasteiger partial charge on any atom is 0.194 e. The molecule has 0 N–H and O–H groups in total. The molecule has 2 aliphatic heterocycles. The predicted molar refractivity (Wildman–Crippen MR) is 214 cm³/mol. The van der Waals surface area contributed by atoms with Gasteiger partial charge in [0.15, 0.2) is 11.4 Å². The van der Waals surface area contributed by atoms with Crippen LogP contribution in [-0.4, -0.2) is 36.3 Å². The largest absolute Gasteiger partial charge is 0.471 e. The highest BCUT2D eigenvalue weighted by molar-refractivity contribution is 6.08. The third kappa shape index (κ3) is 5.02. The lowest BCUT2D eigenvalue weighted by Crippen LogP contribution is -2.37. The van der Waals surface area contributed by atoms with Crippen molar-refractivity contribution in [2.75, 3.05) is 31.2 Å². The average Bonchev–Trinajstić information content (AvgIpc) is 3.48. The van der Waals surface area contributed by atoms with Crippen LogP contribution in [0, 0.1) is 0 Å². The quantitative estimate of drug-likeness (QED) is 0.180. The lowest BCUT2D eigenvalue weighted by Gasteiger charge is -2.38. The second kappa shape index (κ2) is 12.3. The maximum absolute atomic E-state index is 7.68. The molecule has 0 bridgehead atoms. The van der Waals surface area contributed by atoms with E-state index in [4.69, 9.17) is 19.4 Å². The Balaban J connectivity index is 1.24. The van der Waals surface area contributed by atoms with Crippen LogP contribution in [0.1, 0.15) is 41.8 Å². The van der Waals surface area contributed by atoms with E-state index in [0.29, 0.717) is 5.82 Å². The second-order valence-corrected chi connectivity index (χ2v) is 14.7. The van der Waals surface area contributed by atoms with E-state index >= 15 is 0 Å². The fourth-order valence-corrected chi connectivity index (χ4v) is 8.69. The van der Waals surface area contributed by atoms with E-state index in [0.717, 1.165) is 71.1 Å². The molecule has 1 atom stereocenters. The topological polar surface area (TPSA) is 47.5 Å². The summed E-state index contributed by atoms with van der Waals surface area (Å²) in [6, 6.07) is 49.1. The first-order valence-electron chi connectivity index (χ1n) is 18.5. The predicted octanol–water partition coefficient (Wildman–Crippen LogP) is 10.5. The van der Waals surface area contributed by atoms with Crippen LogP contribution in [0.15, 0.2) is 146 Å². The summed E-state index contributed by atoms with van der Waals surface area (Å²) < 4.78 is 13.3. The molecule has 1 aromatic heterocycles. The molecule has 1 fully saturated rings. The molecule has 5 nitrogen and oxygen atoms in total. The van der Waals surface area contributed by atoms with Gasteiger partial charge in [-0.1, -0.05) is 141 Å². The summed E-state index contributed by atoms with van der Waals surface area (Å²) in [5.74, 6) is 1.53. The number of morpholine rings is 1. The van der Waals surface area contributed by atoms with Crippen molar-refractivity contribution in [3.8, 4) is 39.5 Å². The Labute approximate surface area is 310 Å². The van der Waals surface area contributed by atoms with Crippen LogP contribution < -0.4 is 9.64 Å². The van der Waals surface area contributed by atoms with Gasteiger partial charge in [-0.25, -0.2) is 9.97 Å². The van der Waals surface area contributed by atoms with Crippen molar-refractivity contribution in [1.82, 2.24) is 9.97 Å². The van der Waals surface area contributed by atoms with Gasteiger partial charge in [0, 0.05) is 51.8 Å². The molecule has 1 saturated heterocycles. The highest BCUT2D eigenvalue weighted by Gasteiger charge is 2.45. The van der Waals surface area contributed by atoms with Gasteiger partial charge in [-0.3, -0.25) is 0 Å². The Morgan fingerprint density at radius 2 is 1.32 bits per heavy atom. The molecule has 1 aliphatic carbocycles. The lowest BCUT2D eigenvalue weighted by atomic mass is 9.77. The van der Waals surface area contributed by atoms with E-state index in [1.54, 1.807) is 0 Å². The zero-order chi connectivity index (χ0) is 35.6. The van der Waals surface area contributed by atoms with Crippen LogP contribution >= 0.6 is 0 Å². The molecular formula is C48H39N3O2. The molecule has 0 radical (unpaired) electrons. The maximum atomic E-state index is 7.68. The van der Waals surface area contributed by atoms with Gasteiger partial charge in [0.2, 0.25) is 0 Å². The second-order valence-electron chi connectivity index (χ2n) is 14.7. The number of hydrogen-bond donors (Lipinski definition) is 0. The smallest absolute Gasteiger partial charge is 0.194 e. The molecule has 53 heavy (non-hydrogen) atoms. The summed E-state index contributed by atoms with van der Waals surface area (Å²) in [4.78, 5) is 12.9. The van der Waals surface area contributed by atoms with Crippen molar-refractivity contribution in [2.24, 2.45) is 0 Å². The molecule has 0 amide bonds. The van der Waals surface area contributed by atoms with Crippen molar-refractivity contribution in [2.45, 2.75) is 24.9 Å². The van der Waals surface area contributed by atoms with Gasteiger partial charge in [-0.2, -0.15) is 0 Å². The van der Waals surface area contributed by atoms with Crippen molar-refractivity contribution >= 4 is 22.5 Å². The van der Waals surface area contributed by atoms with Gasteiger partial charge in [0.05, 0.1) is 24.6 Å². The van der Waals surface area contributed by atoms with E-state index in [9.17, 15) is 0 Å². The molecule has 258 valence electrons. The number of nitrogens with zero attached hydrogens (tertiary/aromatic N) is 3. The summed E-state index contributed by atoms with van der Waals surface area (Å²) in [5.41, 5.74) is 10.9. The number of rotatable bonds is 5. The van der Waals surface area contributed by atoms with E-state index in [-0.39, 0.29) is 5.41 Å². The molecule has 0 saturated carbocycles. The Hall–Kier alpha value is -6.04. The summed E-state index contributed by atoms with van der Waals surface area (Å²) >= 11 is 0. The minimum absolute atomic E-state index is 0.219. The van der Waals surface area contributed by atoms with Crippen molar-refractivity contribution in [3.05, 3.63) is 174 Å². The standard InChI is InChI=1S/C48H39N3O2/c1-47(2)40-20-12-11-19-38(40)43-36-17-9-10-18-37(36)45-39(44(43)47)25-26-48(53-45,34-21-23-35(24-22-34)51-27-29-52-30-28-51)42-31-41(32-13-5-3-6-14-32)49-46(50-42)33-15-7-4-8-16-33/h3-26,31H,27-30H2,1-2H3. The molecular weight excluding hydrogens is 651 g/mol. The Bertz CT molecular complexity index is 2480. The van der Waals surface area contributed by atoms with Crippen LogP contribution in [0.25, 0.3) is 50.6 Å². The fraction of sp³-hybridized carbons (Fsp3) is 0.167. The first-order valence-corrected chi connectivity index (χ1v) is 18.5. The molecule has 1 unspecified atom stereocenters. The van der Waals surface area contributed by atoms with Crippen LogP contribution in [0.4, 0.5) is 5.69 Å². The molecule has 7 aromatic rings. The third-order valence-corrected chi connectivity index (χ3v) is 11.3. The fourth-order valence-electron chi connectivity index (χ4n) is 8.69. The normalized spacial score (nSPS) is 18.3. The van der Waals surface area contributed by atoms with Gasteiger partial charge in [-0.15, -0.1) is 0 Å². The molecule has 3 aliphatic rings. The van der Waals surface area contributed by atoms with Crippen LogP contribution in [0.2, 0.25) is 0 Å². The van der Waals surface area contributed by atoms with Gasteiger partial charge in [-0.05, 0) is 51.9 Å². The van der Waals surface area contributed by atoms with E-state index < -0.39 is 5.60 Å². The summed E-state index contributed by atoms with van der Waals surface area (Å²) in [5, 5.41) is 2.29. The van der Waals surface area contributed by atoms with Crippen molar-refractivity contribution in [3.63, 3.8) is 0 Å². The van der Waals surface area contributed by atoms with Gasteiger partial charge in [0.1, 0.15) is 5.75 Å². The molecule has 5 heteroatoms.